The van der Waals surface area contributed by atoms with E-state index in [0.29, 0.717) is 0 Å². The van der Waals surface area contributed by atoms with E-state index >= 15 is 0 Å². The number of fused-ring (bicyclic) bond motifs is 2. The standard InChI is InChI=1S/C30H25N5S3.CH4S/c1-4-5-6-7-11-23-19(3)36-26(33-23)20-15-21(27-34-24-13-9-14-31-29(24)37-27)17-22(16-20)28-35-25-12-8-10-18(2)32-30(25)38-28;1-2/h5-9,11-17H,4,10H2,1-3H3;2H,1H3/b6-5-,11-7-;. The lowest BCUT2D eigenvalue weighted by atomic mass is 10.1. The van der Waals surface area contributed by atoms with Gasteiger partial charge in [0.15, 0.2) is 0 Å². The van der Waals surface area contributed by atoms with Crippen LogP contribution in [-0.2, 0) is 0 Å². The maximum Gasteiger partial charge on any atom is 0.143 e. The SMILES string of the molecule is CC/C=C\C=C/c1nc(-c2cc(-c3nc4c(s3)N=C(C)CC=C4)cc(-c3nc4cccnc4s3)c2)sc1C.CS. The number of aromatic nitrogens is 4. The molecule has 0 spiro atoms. The summed E-state index contributed by atoms with van der Waals surface area (Å²) in [5, 5.41) is 3.82. The van der Waals surface area contributed by atoms with Crippen LogP contribution in [0, 0.1) is 6.92 Å². The molecule has 5 aromatic rings. The fourth-order valence-corrected chi connectivity index (χ4v) is 6.90. The molecule has 5 nitrogen and oxygen atoms in total. The summed E-state index contributed by atoms with van der Waals surface area (Å²) >= 11 is 8.47. The van der Waals surface area contributed by atoms with Gasteiger partial charge in [-0.05, 0) is 69.0 Å². The third-order valence-electron chi connectivity index (χ3n) is 6.03. The Labute approximate surface area is 252 Å². The third kappa shape index (κ3) is 6.23. The normalized spacial score (nSPS) is 13.0. The molecule has 0 aliphatic carbocycles. The molecule has 202 valence electrons. The minimum Gasteiger partial charge on any atom is -0.245 e. The Morgan fingerprint density at radius 1 is 0.900 bits per heavy atom. The van der Waals surface area contributed by atoms with Gasteiger partial charge in [0.05, 0.1) is 5.69 Å². The summed E-state index contributed by atoms with van der Waals surface area (Å²) in [6, 6.07) is 10.5. The van der Waals surface area contributed by atoms with Crippen molar-refractivity contribution < 1.29 is 0 Å². The molecule has 6 rings (SSSR count). The van der Waals surface area contributed by atoms with Gasteiger partial charge in [-0.2, -0.15) is 12.6 Å². The summed E-state index contributed by atoms with van der Waals surface area (Å²) in [7, 11) is 0. The lowest BCUT2D eigenvalue weighted by molar-refractivity contribution is 1.22. The molecule has 0 saturated carbocycles. The molecule has 0 atom stereocenters. The van der Waals surface area contributed by atoms with Gasteiger partial charge < -0.3 is 0 Å². The minimum atomic E-state index is 0.859. The van der Waals surface area contributed by atoms with E-state index in [1.165, 1.54) is 4.88 Å². The molecule has 0 unspecified atom stereocenters. The van der Waals surface area contributed by atoms with Crippen LogP contribution in [-0.4, -0.2) is 31.9 Å². The summed E-state index contributed by atoms with van der Waals surface area (Å²) in [6.45, 7) is 6.32. The monoisotopic (exact) mass is 599 g/mol. The van der Waals surface area contributed by atoms with Gasteiger partial charge in [-0.15, -0.1) is 11.3 Å². The molecule has 4 aromatic heterocycles. The highest BCUT2D eigenvalue weighted by molar-refractivity contribution is 7.79. The predicted molar refractivity (Wildman–Crippen MR) is 180 cm³/mol. The van der Waals surface area contributed by atoms with Crippen LogP contribution in [0.25, 0.3) is 54.2 Å². The van der Waals surface area contributed by atoms with E-state index in [9.17, 15) is 0 Å². The quantitative estimate of drug-likeness (QED) is 0.156. The topological polar surface area (TPSA) is 63.9 Å². The van der Waals surface area contributed by atoms with Crippen LogP contribution >= 0.6 is 46.6 Å². The third-order valence-corrected chi connectivity index (χ3v) is 9.10. The van der Waals surface area contributed by atoms with E-state index in [0.717, 1.165) is 77.0 Å². The highest BCUT2D eigenvalue weighted by Crippen LogP contribution is 2.41. The van der Waals surface area contributed by atoms with Gasteiger partial charge >= 0.3 is 0 Å². The Balaban J connectivity index is 0.00000158. The van der Waals surface area contributed by atoms with Crippen molar-refractivity contribution in [3.63, 3.8) is 0 Å². The number of aryl methyl sites for hydroxylation is 1. The maximum absolute atomic E-state index is 5.00. The van der Waals surface area contributed by atoms with Crippen molar-refractivity contribution in [1.82, 2.24) is 19.9 Å². The lowest BCUT2D eigenvalue weighted by Crippen LogP contribution is -1.86. The Morgan fingerprint density at radius 3 is 2.35 bits per heavy atom. The largest absolute Gasteiger partial charge is 0.245 e. The summed E-state index contributed by atoms with van der Waals surface area (Å²) in [6.07, 6.45) is 17.9. The van der Waals surface area contributed by atoms with Gasteiger partial charge in [-0.3, -0.25) is 0 Å². The zero-order valence-corrected chi connectivity index (χ0v) is 26.1. The zero-order chi connectivity index (χ0) is 28.1. The maximum atomic E-state index is 5.00. The van der Waals surface area contributed by atoms with E-state index in [1.807, 2.05) is 18.3 Å². The molecule has 5 heterocycles. The van der Waals surface area contributed by atoms with Crippen molar-refractivity contribution >= 4 is 79.9 Å². The molecule has 9 heteroatoms. The average molecular weight is 600 g/mol. The second kappa shape index (κ2) is 13.0. The van der Waals surface area contributed by atoms with E-state index in [2.05, 4.69) is 93.0 Å². The van der Waals surface area contributed by atoms with Gasteiger partial charge in [0.1, 0.15) is 36.1 Å². The smallest absolute Gasteiger partial charge is 0.143 e. The summed E-state index contributed by atoms with van der Waals surface area (Å²) in [5.41, 5.74) is 7.07. The van der Waals surface area contributed by atoms with Crippen molar-refractivity contribution in [2.45, 2.75) is 33.6 Å². The van der Waals surface area contributed by atoms with Crippen LogP contribution in [0.15, 0.2) is 65.8 Å². The zero-order valence-electron chi connectivity index (χ0n) is 22.8. The van der Waals surface area contributed by atoms with Gasteiger partial charge in [-0.25, -0.2) is 24.9 Å². The number of nitrogens with zero attached hydrogens (tertiary/aromatic N) is 5. The van der Waals surface area contributed by atoms with Crippen molar-refractivity contribution in [2.24, 2.45) is 4.99 Å². The fourth-order valence-electron chi connectivity index (χ4n) is 4.14. The second-order valence-electron chi connectivity index (χ2n) is 8.96. The number of thiazole rings is 3. The number of allylic oxidation sites excluding steroid dienone is 4. The number of aliphatic imine (C=N–C) groups is 1. The number of thiol groups is 1. The highest BCUT2D eigenvalue weighted by Gasteiger charge is 2.18. The first-order valence-electron chi connectivity index (χ1n) is 12.9. The second-order valence-corrected chi connectivity index (χ2v) is 12.1. The molecule has 0 fully saturated rings. The summed E-state index contributed by atoms with van der Waals surface area (Å²) in [4.78, 5) is 26.3. The van der Waals surface area contributed by atoms with Crippen LogP contribution < -0.4 is 0 Å². The number of rotatable bonds is 6. The van der Waals surface area contributed by atoms with Crippen LogP contribution in [0.2, 0.25) is 0 Å². The molecular weight excluding hydrogens is 571 g/mol. The van der Waals surface area contributed by atoms with Crippen LogP contribution in [0.5, 0.6) is 0 Å². The summed E-state index contributed by atoms with van der Waals surface area (Å²) in [5.74, 6) is 0. The van der Waals surface area contributed by atoms with Crippen LogP contribution in [0.4, 0.5) is 5.00 Å². The van der Waals surface area contributed by atoms with Gasteiger partial charge in [0, 0.05) is 39.9 Å². The number of hydrogen-bond acceptors (Lipinski definition) is 9. The summed E-state index contributed by atoms with van der Waals surface area (Å²) < 4.78 is 0. The first kappa shape index (κ1) is 28.3. The van der Waals surface area contributed by atoms with E-state index in [1.54, 1.807) is 40.3 Å². The Kier molecular flexibility index (Phi) is 9.16. The molecule has 0 saturated heterocycles. The predicted octanol–water partition coefficient (Wildman–Crippen LogP) is 9.95. The molecule has 1 aliphatic rings. The molecule has 0 N–H and O–H groups in total. The lowest BCUT2D eigenvalue weighted by Gasteiger charge is -2.05. The molecule has 0 bridgehead atoms. The highest BCUT2D eigenvalue weighted by atomic mass is 32.1. The molecule has 0 amide bonds. The van der Waals surface area contributed by atoms with Crippen molar-refractivity contribution in [3.05, 3.63) is 77.1 Å². The first-order valence-corrected chi connectivity index (χ1v) is 16.3. The Hall–Kier alpha value is -3.24. The Bertz CT molecular complexity index is 1730. The number of pyridine rings is 1. The first-order chi connectivity index (χ1) is 19.6. The van der Waals surface area contributed by atoms with Crippen LogP contribution in [0.1, 0.15) is 43.0 Å². The van der Waals surface area contributed by atoms with E-state index < -0.39 is 0 Å². The molecular formula is C31H29N5S4. The van der Waals surface area contributed by atoms with Crippen molar-refractivity contribution in [2.75, 3.05) is 6.26 Å². The Morgan fingerprint density at radius 2 is 1.62 bits per heavy atom. The van der Waals surface area contributed by atoms with Gasteiger partial charge in [0.2, 0.25) is 0 Å². The number of benzene rings is 1. The molecule has 0 radical (unpaired) electrons. The van der Waals surface area contributed by atoms with Crippen molar-refractivity contribution in [1.29, 1.82) is 0 Å². The minimum absolute atomic E-state index is 0.859. The fraction of sp³-hybridized carbons (Fsp3) is 0.194. The molecule has 40 heavy (non-hydrogen) atoms. The van der Waals surface area contributed by atoms with E-state index in [4.69, 9.17) is 19.9 Å². The average Bonchev–Trinajstić information content (AvgIpc) is 3.66. The van der Waals surface area contributed by atoms with E-state index in [-0.39, 0.29) is 0 Å². The number of hydrogen-bond donors (Lipinski definition) is 1. The van der Waals surface area contributed by atoms with Crippen molar-refractivity contribution in [3.8, 4) is 31.7 Å². The van der Waals surface area contributed by atoms with Crippen LogP contribution in [0.3, 0.4) is 0 Å². The van der Waals surface area contributed by atoms with Gasteiger partial charge in [0.25, 0.3) is 0 Å². The molecule has 1 aromatic carbocycles. The van der Waals surface area contributed by atoms with Gasteiger partial charge in [-0.1, -0.05) is 53.9 Å². The molecule has 1 aliphatic heterocycles.